The summed E-state index contributed by atoms with van der Waals surface area (Å²) in [6.07, 6.45) is 6.62. The zero-order chi connectivity index (χ0) is 24.5. The van der Waals surface area contributed by atoms with E-state index in [0.717, 1.165) is 49.7 Å². The van der Waals surface area contributed by atoms with Gasteiger partial charge in [0, 0.05) is 24.9 Å². The first-order valence-corrected chi connectivity index (χ1v) is 12.4. The van der Waals surface area contributed by atoms with E-state index in [1.165, 1.54) is 18.4 Å². The molecule has 2 heterocycles. The quantitative estimate of drug-likeness (QED) is 0.390. The van der Waals surface area contributed by atoms with Crippen LogP contribution in [0.5, 0.6) is 5.75 Å². The lowest BCUT2D eigenvalue weighted by atomic mass is 9.92. The standard InChI is InChI=1S/C26H40N4O4/c1-18(2)21-14-27-26(28-15-21)30-10-8-20(9-11-30)5-4-12-34-23-6-7-24(19(3)13-23)25(33)29-22(16-31)17-32/h6-7,13-14,18,20,22,31-32H,4-5,8-12,15-17H2,1-3H3,(H,27,28)(H,29,33). The molecule has 4 N–H and O–H groups in total. The molecule has 0 spiro atoms. The summed E-state index contributed by atoms with van der Waals surface area (Å²) in [5, 5.41) is 24.3. The van der Waals surface area contributed by atoms with Crippen molar-refractivity contribution < 1.29 is 19.7 Å². The highest BCUT2D eigenvalue weighted by Gasteiger charge is 2.22. The van der Waals surface area contributed by atoms with Gasteiger partial charge in [-0.15, -0.1) is 0 Å². The van der Waals surface area contributed by atoms with E-state index >= 15 is 0 Å². The fourth-order valence-electron chi connectivity index (χ4n) is 4.34. The number of nitrogens with one attached hydrogen (secondary N) is 2. The number of amides is 1. The van der Waals surface area contributed by atoms with E-state index in [2.05, 4.69) is 35.6 Å². The second-order valence-electron chi connectivity index (χ2n) is 9.59. The van der Waals surface area contributed by atoms with Crippen LogP contribution in [-0.4, -0.2) is 72.5 Å². The Morgan fingerprint density at radius 3 is 2.59 bits per heavy atom. The molecule has 1 saturated heterocycles. The van der Waals surface area contributed by atoms with E-state index in [0.29, 0.717) is 24.0 Å². The first-order valence-electron chi connectivity index (χ1n) is 12.4. The molecule has 188 valence electrons. The number of carbonyl (C=O) groups is 1. The smallest absolute Gasteiger partial charge is 0.251 e. The first-order chi connectivity index (χ1) is 16.4. The van der Waals surface area contributed by atoms with Crippen molar-refractivity contribution in [1.82, 2.24) is 15.5 Å². The molecular formula is C26H40N4O4. The molecule has 2 aliphatic rings. The fourth-order valence-corrected chi connectivity index (χ4v) is 4.34. The predicted octanol–water partition coefficient (Wildman–Crippen LogP) is 2.45. The van der Waals surface area contributed by atoms with Crippen LogP contribution in [0.3, 0.4) is 0 Å². The lowest BCUT2D eigenvalue weighted by Crippen LogP contribution is -2.45. The summed E-state index contributed by atoms with van der Waals surface area (Å²) in [5.41, 5.74) is 2.66. The van der Waals surface area contributed by atoms with Crippen LogP contribution in [-0.2, 0) is 0 Å². The zero-order valence-electron chi connectivity index (χ0n) is 20.7. The molecule has 0 atom stereocenters. The van der Waals surface area contributed by atoms with Gasteiger partial charge in [0.05, 0.1) is 32.4 Å². The maximum absolute atomic E-state index is 12.3. The minimum atomic E-state index is -0.656. The average Bonchev–Trinajstić information content (AvgIpc) is 2.85. The van der Waals surface area contributed by atoms with Gasteiger partial charge in [-0.3, -0.25) is 4.79 Å². The number of aliphatic hydroxyl groups is 2. The zero-order valence-corrected chi connectivity index (χ0v) is 20.7. The summed E-state index contributed by atoms with van der Waals surface area (Å²) in [5.74, 6) is 2.70. The van der Waals surface area contributed by atoms with E-state index in [-0.39, 0.29) is 19.1 Å². The lowest BCUT2D eigenvalue weighted by Gasteiger charge is -2.35. The van der Waals surface area contributed by atoms with Crippen LogP contribution < -0.4 is 15.4 Å². The highest BCUT2D eigenvalue weighted by Crippen LogP contribution is 2.24. The van der Waals surface area contributed by atoms with Gasteiger partial charge in [0.2, 0.25) is 0 Å². The number of rotatable bonds is 10. The molecule has 0 radical (unpaired) electrons. The number of hydrogen-bond donors (Lipinski definition) is 4. The second-order valence-corrected chi connectivity index (χ2v) is 9.59. The van der Waals surface area contributed by atoms with Crippen LogP contribution >= 0.6 is 0 Å². The summed E-state index contributed by atoms with van der Waals surface area (Å²) in [6.45, 7) is 9.18. The maximum Gasteiger partial charge on any atom is 0.251 e. The highest BCUT2D eigenvalue weighted by molar-refractivity contribution is 5.96. The summed E-state index contributed by atoms with van der Waals surface area (Å²) >= 11 is 0. The Kier molecular flexibility index (Phi) is 9.77. The molecule has 1 fully saturated rings. The van der Waals surface area contributed by atoms with Crippen molar-refractivity contribution in [2.75, 3.05) is 39.5 Å². The normalized spacial score (nSPS) is 16.9. The minimum Gasteiger partial charge on any atom is -0.494 e. The molecule has 1 amide bonds. The Balaban J connectivity index is 1.35. The molecule has 0 saturated carbocycles. The van der Waals surface area contributed by atoms with Crippen molar-refractivity contribution in [3.05, 3.63) is 41.1 Å². The molecule has 0 aromatic heterocycles. The van der Waals surface area contributed by atoms with Crippen molar-refractivity contribution in [3.63, 3.8) is 0 Å². The lowest BCUT2D eigenvalue weighted by molar-refractivity contribution is 0.0878. The van der Waals surface area contributed by atoms with Crippen LogP contribution in [0, 0.1) is 18.8 Å². The third-order valence-electron chi connectivity index (χ3n) is 6.70. The largest absolute Gasteiger partial charge is 0.494 e. The monoisotopic (exact) mass is 472 g/mol. The molecular weight excluding hydrogens is 432 g/mol. The van der Waals surface area contributed by atoms with E-state index < -0.39 is 6.04 Å². The van der Waals surface area contributed by atoms with Gasteiger partial charge in [-0.1, -0.05) is 13.8 Å². The molecule has 3 rings (SSSR count). The van der Waals surface area contributed by atoms with Crippen molar-refractivity contribution >= 4 is 11.9 Å². The van der Waals surface area contributed by atoms with Gasteiger partial charge in [0.1, 0.15) is 5.75 Å². The molecule has 8 nitrogen and oxygen atoms in total. The number of carbonyl (C=O) groups excluding carboxylic acids is 1. The van der Waals surface area contributed by atoms with Crippen molar-refractivity contribution in [2.24, 2.45) is 16.8 Å². The number of ether oxygens (including phenoxy) is 1. The third-order valence-corrected chi connectivity index (χ3v) is 6.70. The second kappa shape index (κ2) is 12.8. The average molecular weight is 473 g/mol. The van der Waals surface area contributed by atoms with Gasteiger partial charge in [-0.05, 0) is 73.8 Å². The number of benzene rings is 1. The Hall–Kier alpha value is -2.58. The number of hydrogen-bond acceptors (Lipinski definition) is 7. The SMILES string of the molecule is Cc1cc(OCCCC2CCN(C3=NCC(C(C)C)=CN3)CC2)ccc1C(=O)NC(CO)CO. The first kappa shape index (κ1) is 26.0. The van der Waals surface area contributed by atoms with Gasteiger partial charge < -0.3 is 30.5 Å². The predicted molar refractivity (Wildman–Crippen MR) is 134 cm³/mol. The molecule has 8 heteroatoms. The summed E-state index contributed by atoms with van der Waals surface area (Å²) in [7, 11) is 0. The maximum atomic E-state index is 12.3. The minimum absolute atomic E-state index is 0.302. The fraction of sp³-hybridized carbons (Fsp3) is 0.615. The van der Waals surface area contributed by atoms with Gasteiger partial charge >= 0.3 is 0 Å². The van der Waals surface area contributed by atoms with E-state index in [1.807, 2.05) is 13.0 Å². The number of nitrogens with zero attached hydrogens (tertiary/aromatic N) is 2. The molecule has 1 aromatic rings. The summed E-state index contributed by atoms with van der Waals surface area (Å²) in [6, 6.07) is 4.72. The number of guanidine groups is 1. The number of aryl methyl sites for hydroxylation is 1. The number of piperidine rings is 1. The molecule has 0 unspecified atom stereocenters. The van der Waals surface area contributed by atoms with E-state index in [4.69, 9.17) is 19.9 Å². The molecule has 0 bridgehead atoms. The summed E-state index contributed by atoms with van der Waals surface area (Å²) < 4.78 is 5.92. The highest BCUT2D eigenvalue weighted by atomic mass is 16.5. The number of likely N-dealkylation sites (tertiary alicyclic amines) is 1. The molecule has 1 aromatic carbocycles. The Morgan fingerprint density at radius 1 is 1.26 bits per heavy atom. The van der Waals surface area contributed by atoms with Crippen LogP contribution in [0.2, 0.25) is 0 Å². The van der Waals surface area contributed by atoms with Crippen LogP contribution in [0.25, 0.3) is 0 Å². The van der Waals surface area contributed by atoms with Crippen molar-refractivity contribution in [1.29, 1.82) is 0 Å². The topological polar surface area (TPSA) is 106 Å². The van der Waals surface area contributed by atoms with Gasteiger partial charge in [-0.25, -0.2) is 4.99 Å². The Labute approximate surface area is 203 Å². The third kappa shape index (κ3) is 7.21. The van der Waals surface area contributed by atoms with Crippen LogP contribution in [0.4, 0.5) is 0 Å². The molecule has 2 aliphatic heterocycles. The Morgan fingerprint density at radius 2 is 2.00 bits per heavy atom. The van der Waals surface area contributed by atoms with Gasteiger partial charge in [0.15, 0.2) is 5.96 Å². The van der Waals surface area contributed by atoms with E-state index in [1.54, 1.807) is 12.1 Å². The van der Waals surface area contributed by atoms with E-state index in [9.17, 15) is 4.79 Å². The van der Waals surface area contributed by atoms with Crippen LogP contribution in [0.1, 0.15) is 55.5 Å². The summed E-state index contributed by atoms with van der Waals surface area (Å²) in [4.78, 5) is 19.4. The molecule has 34 heavy (non-hydrogen) atoms. The molecule has 0 aliphatic carbocycles. The van der Waals surface area contributed by atoms with Gasteiger partial charge in [0.25, 0.3) is 5.91 Å². The number of aliphatic imine (C=N–C) groups is 1. The van der Waals surface area contributed by atoms with Gasteiger partial charge in [-0.2, -0.15) is 0 Å². The van der Waals surface area contributed by atoms with Crippen molar-refractivity contribution in [3.8, 4) is 5.75 Å². The van der Waals surface area contributed by atoms with Crippen LogP contribution in [0.15, 0.2) is 35.0 Å². The number of aliphatic hydroxyl groups excluding tert-OH is 2. The Bertz CT molecular complexity index is 872. The van der Waals surface area contributed by atoms with Crippen molar-refractivity contribution in [2.45, 2.75) is 52.5 Å².